The van der Waals surface area contributed by atoms with Crippen LogP contribution in [0.2, 0.25) is 0 Å². The Morgan fingerprint density at radius 3 is 0.765 bits per heavy atom. The van der Waals surface area contributed by atoms with Crippen molar-refractivity contribution < 1.29 is 28.6 Å². The monoisotopic (exact) mass is 1110 g/mol. The van der Waals surface area contributed by atoms with Gasteiger partial charge in [0.2, 0.25) is 0 Å². The van der Waals surface area contributed by atoms with Crippen LogP contribution in [0.15, 0.2) is 194 Å². The van der Waals surface area contributed by atoms with Gasteiger partial charge in [0.05, 0.1) is 0 Å². The van der Waals surface area contributed by atoms with E-state index < -0.39 is 6.10 Å². The van der Waals surface area contributed by atoms with Gasteiger partial charge < -0.3 is 14.2 Å². The average Bonchev–Trinajstić information content (AvgIpc) is 3.46. The molecule has 0 aliphatic rings. The van der Waals surface area contributed by atoms with Crippen molar-refractivity contribution in [1.29, 1.82) is 0 Å². The molecule has 6 heteroatoms. The zero-order valence-corrected chi connectivity index (χ0v) is 51.5. The summed E-state index contributed by atoms with van der Waals surface area (Å²) in [6, 6.07) is 0. The minimum atomic E-state index is -0.835. The maximum atomic E-state index is 12.9. The Balaban J connectivity index is 4.48. The molecule has 81 heavy (non-hydrogen) atoms. The highest BCUT2D eigenvalue weighted by molar-refractivity contribution is 5.71. The number of hydrogen-bond acceptors (Lipinski definition) is 6. The van der Waals surface area contributed by atoms with Crippen molar-refractivity contribution in [3.8, 4) is 0 Å². The molecule has 0 N–H and O–H groups in total. The fourth-order valence-corrected chi connectivity index (χ4v) is 7.93. The van der Waals surface area contributed by atoms with Crippen molar-refractivity contribution in [1.82, 2.24) is 0 Å². The molecule has 0 heterocycles. The maximum Gasteiger partial charge on any atom is 0.306 e. The third kappa shape index (κ3) is 64.9. The molecule has 0 radical (unpaired) electrons. The van der Waals surface area contributed by atoms with Crippen molar-refractivity contribution in [3.05, 3.63) is 194 Å². The van der Waals surface area contributed by atoms with Gasteiger partial charge in [-0.15, -0.1) is 0 Å². The van der Waals surface area contributed by atoms with Crippen molar-refractivity contribution in [2.45, 2.75) is 245 Å². The smallest absolute Gasteiger partial charge is 0.306 e. The Kier molecular flexibility index (Phi) is 62.0. The summed E-state index contributed by atoms with van der Waals surface area (Å²) in [6.45, 7) is 6.19. The second-order valence-corrected chi connectivity index (χ2v) is 20.2. The molecule has 0 spiro atoms. The van der Waals surface area contributed by atoms with Crippen molar-refractivity contribution in [2.24, 2.45) is 0 Å². The van der Waals surface area contributed by atoms with Gasteiger partial charge in [-0.1, -0.05) is 267 Å². The maximum absolute atomic E-state index is 12.9. The largest absolute Gasteiger partial charge is 0.462 e. The minimum Gasteiger partial charge on any atom is -0.462 e. The molecule has 1 unspecified atom stereocenters. The molecule has 0 aromatic rings. The van der Waals surface area contributed by atoms with Gasteiger partial charge >= 0.3 is 17.9 Å². The molecular weight excluding hydrogens is 997 g/mol. The summed E-state index contributed by atoms with van der Waals surface area (Å²) in [4.78, 5) is 38.3. The van der Waals surface area contributed by atoms with Crippen LogP contribution in [-0.4, -0.2) is 37.2 Å². The number of carbonyl (C=O) groups is 3. The molecule has 0 aliphatic heterocycles. The van der Waals surface area contributed by atoms with Crippen LogP contribution in [0.1, 0.15) is 239 Å². The number of allylic oxidation sites excluding steroid dienone is 32. The first kappa shape index (κ1) is 75.2. The highest BCUT2D eigenvalue weighted by Gasteiger charge is 2.19. The van der Waals surface area contributed by atoms with Crippen LogP contribution in [-0.2, 0) is 28.6 Å². The Morgan fingerprint density at radius 1 is 0.247 bits per heavy atom. The lowest BCUT2D eigenvalue weighted by atomic mass is 10.1. The Bertz CT molecular complexity index is 1950. The number of unbranched alkanes of at least 4 members (excludes halogenated alkanes) is 12. The van der Waals surface area contributed by atoms with Gasteiger partial charge in [0.15, 0.2) is 6.10 Å². The van der Waals surface area contributed by atoms with Crippen LogP contribution in [0.5, 0.6) is 0 Å². The second-order valence-electron chi connectivity index (χ2n) is 20.2. The van der Waals surface area contributed by atoms with E-state index in [4.69, 9.17) is 14.2 Å². The Hall–Kier alpha value is -5.75. The molecular formula is C75H114O6. The summed E-state index contributed by atoms with van der Waals surface area (Å²) in [5.41, 5.74) is 0. The highest BCUT2D eigenvalue weighted by atomic mass is 16.6. The molecule has 6 nitrogen and oxygen atoms in total. The van der Waals surface area contributed by atoms with E-state index in [2.05, 4.69) is 203 Å². The van der Waals surface area contributed by atoms with Crippen LogP contribution >= 0.6 is 0 Å². The first-order valence-corrected chi connectivity index (χ1v) is 31.9. The Labute approximate surface area is 497 Å². The van der Waals surface area contributed by atoms with E-state index >= 15 is 0 Å². The van der Waals surface area contributed by atoms with E-state index in [1.165, 1.54) is 25.7 Å². The lowest BCUT2D eigenvalue weighted by molar-refractivity contribution is -0.166. The summed E-state index contributed by atoms with van der Waals surface area (Å²) in [6.07, 6.45) is 102. The summed E-state index contributed by atoms with van der Waals surface area (Å²) in [7, 11) is 0. The number of ether oxygens (including phenoxy) is 3. The first-order valence-electron chi connectivity index (χ1n) is 31.9. The normalized spacial score (nSPS) is 13.5. The third-order valence-corrected chi connectivity index (χ3v) is 12.6. The van der Waals surface area contributed by atoms with Crippen LogP contribution in [0.25, 0.3) is 0 Å². The number of esters is 3. The molecule has 0 aliphatic carbocycles. The summed E-state index contributed by atoms with van der Waals surface area (Å²) >= 11 is 0. The first-order chi connectivity index (χ1) is 40.0. The lowest BCUT2D eigenvalue weighted by Gasteiger charge is -2.18. The summed E-state index contributed by atoms with van der Waals surface area (Å²) in [5, 5.41) is 0. The van der Waals surface area contributed by atoms with Crippen LogP contribution in [0.3, 0.4) is 0 Å². The lowest BCUT2D eigenvalue weighted by Crippen LogP contribution is -2.30. The van der Waals surface area contributed by atoms with Gasteiger partial charge in [-0.05, 0) is 148 Å². The van der Waals surface area contributed by atoms with E-state index in [0.29, 0.717) is 12.8 Å². The average molecular weight is 1110 g/mol. The van der Waals surface area contributed by atoms with Crippen molar-refractivity contribution >= 4 is 17.9 Å². The molecule has 0 bridgehead atoms. The quantitative estimate of drug-likeness (QED) is 0.0261. The van der Waals surface area contributed by atoms with Gasteiger partial charge in [-0.25, -0.2) is 0 Å². The third-order valence-electron chi connectivity index (χ3n) is 12.6. The SMILES string of the molecule is CC/C=C\C/C=C\C/C=C\C/C=C\C/C=C\C/C=C\C/C=C\C/C=C\CCCCCCC(=O)OCC(COC(=O)CC/C=C\C/C=C\C/C=C\C/C=C\CC)OC(=O)CCCCCCCCCC/C=C\C/C=C\C/C=C\C/C=C\CC. The molecule has 0 saturated heterocycles. The standard InChI is InChI=1S/C75H114O6/c1-4-7-10-13-16-19-22-25-27-29-31-33-34-35-36-37-38-39-40-42-43-45-47-50-53-56-59-62-65-68-74(77)80-71-72(70-79-73(76)67-64-61-58-55-52-49-24-21-18-15-12-9-6-3)81-75(78)69-66-63-60-57-54-51-48-46-44-41-32-30-28-26-23-20-17-14-11-8-5-2/h7-12,16-21,25-28,31-33,35-36,38-39,41-43,47,49-50,52,58,61,72H,4-6,13-15,22-24,29-30,34,37,40,44-46,48,51,53-57,59-60,62-71H2,1-3H3/b10-7-,11-8-,12-9-,19-16-,20-17-,21-18-,27-25-,28-26-,33-31-,36-35-,39-38-,41-32-,43-42-,50-47-,52-49-,61-58-. The molecule has 450 valence electrons. The number of hydrogen-bond donors (Lipinski definition) is 0. The predicted octanol–water partition coefficient (Wildman–Crippen LogP) is 22.2. The fourth-order valence-electron chi connectivity index (χ4n) is 7.93. The summed E-state index contributed by atoms with van der Waals surface area (Å²) < 4.78 is 16.8. The van der Waals surface area contributed by atoms with Gasteiger partial charge in [0, 0.05) is 19.3 Å². The van der Waals surface area contributed by atoms with Crippen LogP contribution in [0.4, 0.5) is 0 Å². The van der Waals surface area contributed by atoms with Crippen molar-refractivity contribution in [2.75, 3.05) is 13.2 Å². The zero-order valence-electron chi connectivity index (χ0n) is 51.5. The van der Waals surface area contributed by atoms with Gasteiger partial charge in [0.25, 0.3) is 0 Å². The Morgan fingerprint density at radius 2 is 0.469 bits per heavy atom. The van der Waals surface area contributed by atoms with Gasteiger partial charge in [0.1, 0.15) is 13.2 Å². The highest BCUT2D eigenvalue weighted by Crippen LogP contribution is 2.13. The number of carbonyl (C=O) groups excluding carboxylic acids is 3. The fraction of sp³-hybridized carbons (Fsp3) is 0.533. The number of rotatable bonds is 55. The van der Waals surface area contributed by atoms with Gasteiger partial charge in [-0.2, -0.15) is 0 Å². The van der Waals surface area contributed by atoms with E-state index in [-0.39, 0.29) is 44.0 Å². The zero-order chi connectivity index (χ0) is 58.5. The van der Waals surface area contributed by atoms with Crippen LogP contribution in [0, 0.1) is 0 Å². The van der Waals surface area contributed by atoms with E-state index in [0.717, 1.165) is 167 Å². The second kappa shape index (κ2) is 66.8. The van der Waals surface area contributed by atoms with Crippen molar-refractivity contribution in [3.63, 3.8) is 0 Å². The van der Waals surface area contributed by atoms with E-state index in [9.17, 15) is 14.4 Å². The summed E-state index contributed by atoms with van der Waals surface area (Å²) in [5.74, 6) is -1.05. The molecule has 0 aromatic carbocycles. The molecule has 0 fully saturated rings. The molecule has 1 atom stereocenters. The van der Waals surface area contributed by atoms with Crippen LogP contribution < -0.4 is 0 Å². The van der Waals surface area contributed by atoms with E-state index in [1.54, 1.807) is 0 Å². The topological polar surface area (TPSA) is 78.9 Å². The van der Waals surface area contributed by atoms with E-state index in [1.807, 2.05) is 12.2 Å². The van der Waals surface area contributed by atoms with Gasteiger partial charge in [-0.3, -0.25) is 14.4 Å². The molecule has 0 saturated carbocycles. The molecule has 0 rings (SSSR count). The molecule has 0 aromatic heterocycles. The minimum absolute atomic E-state index is 0.127. The molecule has 0 amide bonds. The predicted molar refractivity (Wildman–Crippen MR) is 352 cm³/mol.